The molecule has 0 saturated carbocycles. The molecule has 1 amide bonds. The summed E-state index contributed by atoms with van der Waals surface area (Å²) in [5.74, 6) is -3.35. The van der Waals surface area contributed by atoms with Crippen LogP contribution < -0.4 is 10.1 Å². The van der Waals surface area contributed by atoms with Crippen LogP contribution in [-0.2, 0) is 4.79 Å². The molecule has 9 nitrogen and oxygen atoms in total. The van der Waals surface area contributed by atoms with Gasteiger partial charge in [0.05, 0.1) is 22.7 Å². The monoisotopic (exact) mass is 530 g/mol. The molecule has 3 rings (SSSR count). The molecule has 11 heteroatoms. The fraction of sp³-hybridized carbons (Fsp3) is 0.280. The lowest BCUT2D eigenvalue weighted by Gasteiger charge is -2.36. The maximum atomic E-state index is 12.9. The van der Waals surface area contributed by atoms with Crippen molar-refractivity contribution in [3.8, 4) is 28.7 Å². The maximum absolute atomic E-state index is 12.9. The Kier molecular flexibility index (Phi) is 7.82. The molecule has 0 saturated heterocycles. The number of aromatic nitrogens is 2. The molecule has 2 heterocycles. The maximum Gasteiger partial charge on any atom is 0.329 e. The average molecular weight is 531 g/mol. The van der Waals surface area contributed by atoms with Gasteiger partial charge in [-0.15, -0.1) is 0 Å². The van der Waals surface area contributed by atoms with Crippen molar-refractivity contribution < 1.29 is 24.5 Å². The van der Waals surface area contributed by atoms with Gasteiger partial charge in [0.25, 0.3) is 5.91 Å². The number of carboxylic acids is 1. The van der Waals surface area contributed by atoms with E-state index in [1.807, 2.05) is 0 Å². The second-order valence-corrected chi connectivity index (χ2v) is 9.23. The summed E-state index contributed by atoms with van der Waals surface area (Å²) < 4.78 is 6.70. The van der Waals surface area contributed by atoms with Gasteiger partial charge in [-0.3, -0.25) is 4.79 Å². The Balaban J connectivity index is 1.97. The molecule has 0 aliphatic rings. The fourth-order valence-corrected chi connectivity index (χ4v) is 4.29. The molecule has 3 aromatic rings. The van der Waals surface area contributed by atoms with Crippen molar-refractivity contribution in [2.24, 2.45) is 5.92 Å². The van der Waals surface area contributed by atoms with Crippen molar-refractivity contribution in [2.75, 3.05) is 7.11 Å². The van der Waals surface area contributed by atoms with Gasteiger partial charge in [-0.05, 0) is 19.9 Å². The topological polar surface area (TPSA) is 137 Å². The average Bonchev–Trinajstić information content (AvgIpc) is 3.28. The number of carbonyl (C=O) groups is 2. The third-order valence-electron chi connectivity index (χ3n) is 6.45. The van der Waals surface area contributed by atoms with E-state index >= 15 is 0 Å². The Morgan fingerprint density at radius 1 is 1.22 bits per heavy atom. The van der Waals surface area contributed by atoms with Crippen LogP contribution in [0.15, 0.2) is 42.9 Å². The Bertz CT molecular complexity index is 1370. The summed E-state index contributed by atoms with van der Waals surface area (Å²) in [7, 11) is 1.32. The second-order valence-electron chi connectivity index (χ2n) is 8.45. The minimum atomic E-state index is -1.78. The lowest BCUT2D eigenvalue weighted by molar-refractivity contribution is -0.146. The minimum absolute atomic E-state index is 0.0252. The highest BCUT2D eigenvalue weighted by Crippen LogP contribution is 2.38. The van der Waals surface area contributed by atoms with Crippen LogP contribution in [0.1, 0.15) is 42.9 Å². The third-order valence-corrected chi connectivity index (χ3v) is 7.27. The minimum Gasteiger partial charge on any atom is -0.503 e. The summed E-state index contributed by atoms with van der Waals surface area (Å²) in [6.45, 7) is 4.80. The van der Waals surface area contributed by atoms with Crippen molar-refractivity contribution in [2.45, 2.75) is 32.4 Å². The number of nitriles is 1. The Morgan fingerprint density at radius 3 is 2.53 bits per heavy atom. The molecule has 2 unspecified atom stereocenters. The molecular formula is C25H24Cl2N4O5. The number of carbonyl (C=O) groups excluding carboxylic acids is 1. The first-order valence-corrected chi connectivity index (χ1v) is 11.6. The van der Waals surface area contributed by atoms with Crippen LogP contribution in [0.25, 0.3) is 11.1 Å². The number of amides is 1. The number of hydrogen-bond donors (Lipinski definition) is 3. The van der Waals surface area contributed by atoms with E-state index in [0.717, 1.165) is 0 Å². The number of halogens is 2. The molecule has 0 aliphatic heterocycles. The van der Waals surface area contributed by atoms with Crippen LogP contribution in [0.2, 0.25) is 10.0 Å². The van der Waals surface area contributed by atoms with Crippen LogP contribution in [-0.4, -0.2) is 44.3 Å². The zero-order valence-corrected chi connectivity index (χ0v) is 21.4. The van der Waals surface area contributed by atoms with E-state index in [9.17, 15) is 25.1 Å². The third kappa shape index (κ3) is 4.83. The number of rotatable bonds is 8. The molecule has 0 fully saturated rings. The van der Waals surface area contributed by atoms with Crippen molar-refractivity contribution in [1.82, 2.24) is 14.9 Å². The molecule has 188 valence electrons. The lowest BCUT2D eigenvalue weighted by atomic mass is 9.81. The largest absolute Gasteiger partial charge is 0.503 e. The van der Waals surface area contributed by atoms with E-state index in [2.05, 4.69) is 16.4 Å². The van der Waals surface area contributed by atoms with Gasteiger partial charge in [-0.2, -0.15) is 5.26 Å². The zero-order chi connectivity index (χ0) is 26.8. The molecule has 3 atom stereocenters. The Hall–Kier alpha value is -3.74. The Labute approximate surface area is 217 Å². The standard InChI is InChI=1S/C25H24Cl2N4O5/c1-13(25(3,24(34)35)30-23(33)21-22(32)19(36-4)8-9-29-21)14(2)31-11-15(10-28)17(12-31)16-6-5-7-18(26)20(16)27/h5-9,11-14,32H,1-4H3,(H,30,33)(H,34,35)/t13?,14?,25-/m0/s1. The van der Waals surface area contributed by atoms with Crippen molar-refractivity contribution in [3.63, 3.8) is 0 Å². The molecular weight excluding hydrogens is 507 g/mol. The van der Waals surface area contributed by atoms with Gasteiger partial charge in [0.15, 0.2) is 17.2 Å². The van der Waals surface area contributed by atoms with Crippen LogP contribution in [0, 0.1) is 17.2 Å². The van der Waals surface area contributed by atoms with Crippen LogP contribution in [0.3, 0.4) is 0 Å². The number of aromatic hydroxyl groups is 1. The zero-order valence-electron chi connectivity index (χ0n) is 19.9. The van der Waals surface area contributed by atoms with Crippen LogP contribution in [0.5, 0.6) is 11.5 Å². The van der Waals surface area contributed by atoms with Crippen molar-refractivity contribution >= 4 is 35.1 Å². The summed E-state index contributed by atoms with van der Waals surface area (Å²) in [6.07, 6.45) is 4.55. The Morgan fingerprint density at radius 2 is 1.92 bits per heavy atom. The number of hydrogen-bond acceptors (Lipinski definition) is 6. The molecule has 3 N–H and O–H groups in total. The van der Waals surface area contributed by atoms with Gasteiger partial charge in [-0.25, -0.2) is 9.78 Å². The molecule has 1 aromatic carbocycles. The van der Waals surface area contributed by atoms with Gasteiger partial charge < -0.3 is 24.8 Å². The molecule has 0 radical (unpaired) electrons. The van der Waals surface area contributed by atoms with Gasteiger partial charge in [-0.1, -0.05) is 42.3 Å². The van der Waals surface area contributed by atoms with E-state index in [0.29, 0.717) is 26.7 Å². The summed E-state index contributed by atoms with van der Waals surface area (Å²) in [4.78, 5) is 29.2. The lowest BCUT2D eigenvalue weighted by Crippen LogP contribution is -2.58. The summed E-state index contributed by atoms with van der Waals surface area (Å²) in [5, 5.41) is 33.2. The first-order chi connectivity index (χ1) is 17.0. The van der Waals surface area contributed by atoms with E-state index in [1.165, 1.54) is 26.3 Å². The van der Waals surface area contributed by atoms with E-state index < -0.39 is 35.1 Å². The van der Waals surface area contributed by atoms with Gasteiger partial charge in [0.1, 0.15) is 11.6 Å². The number of nitrogens with one attached hydrogen (secondary N) is 1. The summed E-state index contributed by atoms with van der Waals surface area (Å²) in [5.41, 5.74) is -0.723. The highest BCUT2D eigenvalue weighted by atomic mass is 35.5. The molecule has 2 aromatic heterocycles. The van der Waals surface area contributed by atoms with E-state index in [1.54, 1.807) is 49.0 Å². The predicted octanol–water partition coefficient (Wildman–Crippen LogP) is 4.91. The fourth-order valence-electron chi connectivity index (χ4n) is 3.89. The number of pyridine rings is 1. The smallest absolute Gasteiger partial charge is 0.329 e. The first kappa shape index (κ1) is 26.9. The highest BCUT2D eigenvalue weighted by molar-refractivity contribution is 6.43. The number of ether oxygens (including phenoxy) is 1. The predicted molar refractivity (Wildman–Crippen MR) is 134 cm³/mol. The van der Waals surface area contributed by atoms with E-state index in [-0.39, 0.29) is 11.4 Å². The van der Waals surface area contributed by atoms with Crippen molar-refractivity contribution in [1.29, 1.82) is 5.26 Å². The number of carboxylic acid groups (broad SMARTS) is 1. The number of benzene rings is 1. The second kappa shape index (κ2) is 10.5. The molecule has 0 aliphatic carbocycles. The van der Waals surface area contributed by atoms with E-state index in [4.69, 9.17) is 27.9 Å². The highest BCUT2D eigenvalue weighted by Gasteiger charge is 2.44. The van der Waals surface area contributed by atoms with Crippen LogP contribution >= 0.6 is 23.2 Å². The number of methoxy groups -OCH3 is 1. The van der Waals surface area contributed by atoms with Gasteiger partial charge in [0, 0.05) is 47.7 Å². The van der Waals surface area contributed by atoms with Gasteiger partial charge in [0.2, 0.25) is 0 Å². The number of aliphatic carboxylic acids is 1. The molecule has 0 bridgehead atoms. The number of nitrogens with zero attached hydrogens (tertiary/aromatic N) is 3. The molecule has 36 heavy (non-hydrogen) atoms. The quantitative estimate of drug-likeness (QED) is 0.376. The molecule has 0 spiro atoms. The normalized spacial score (nSPS) is 14.2. The van der Waals surface area contributed by atoms with Gasteiger partial charge >= 0.3 is 5.97 Å². The SMILES string of the molecule is COc1ccnc(C(=O)N[C@](C)(C(=O)O)C(C)C(C)n2cc(C#N)c(-c3cccc(Cl)c3Cl)c2)c1O. The summed E-state index contributed by atoms with van der Waals surface area (Å²) >= 11 is 12.5. The first-order valence-electron chi connectivity index (χ1n) is 10.8. The van der Waals surface area contributed by atoms with Crippen molar-refractivity contribution in [3.05, 3.63) is 64.2 Å². The van der Waals surface area contributed by atoms with Crippen LogP contribution in [0.4, 0.5) is 0 Å². The summed E-state index contributed by atoms with van der Waals surface area (Å²) in [6, 6.07) is 8.08.